The maximum Gasteiger partial charge on any atom is 0.236 e. The minimum absolute atomic E-state index is 0.245. The van der Waals surface area contributed by atoms with Crippen molar-refractivity contribution in [2.45, 2.75) is 57.5 Å². The predicted octanol–water partition coefficient (Wildman–Crippen LogP) is 1.46. The first-order valence-corrected chi connectivity index (χ1v) is 7.92. The van der Waals surface area contributed by atoms with Crippen molar-refractivity contribution >= 4 is 5.91 Å². The van der Waals surface area contributed by atoms with Crippen molar-refractivity contribution < 1.29 is 4.79 Å². The van der Waals surface area contributed by atoms with Crippen LogP contribution in [0.5, 0.6) is 0 Å². The highest BCUT2D eigenvalue weighted by Gasteiger charge is 2.25. The highest BCUT2D eigenvalue weighted by atomic mass is 16.2. The second-order valence-corrected chi connectivity index (χ2v) is 6.06. The molecule has 0 bridgehead atoms. The van der Waals surface area contributed by atoms with Gasteiger partial charge in [0.2, 0.25) is 5.91 Å². The van der Waals surface area contributed by atoms with Gasteiger partial charge in [0.15, 0.2) is 0 Å². The number of likely N-dealkylation sites (N-methyl/N-ethyl adjacent to an activating group) is 2. The summed E-state index contributed by atoms with van der Waals surface area (Å²) in [6, 6.07) is 1.15. The minimum atomic E-state index is 0.245. The van der Waals surface area contributed by atoms with Crippen LogP contribution in [0, 0.1) is 0 Å². The van der Waals surface area contributed by atoms with Gasteiger partial charge in [0.25, 0.3) is 0 Å². The summed E-state index contributed by atoms with van der Waals surface area (Å²) >= 11 is 0. The summed E-state index contributed by atoms with van der Waals surface area (Å²) in [5.41, 5.74) is 0. The van der Waals surface area contributed by atoms with Gasteiger partial charge in [-0.3, -0.25) is 9.69 Å². The summed E-state index contributed by atoms with van der Waals surface area (Å²) in [7, 11) is 1.95. The van der Waals surface area contributed by atoms with E-state index in [2.05, 4.69) is 17.1 Å². The molecular weight excluding hydrogens is 238 g/mol. The Morgan fingerprint density at radius 2 is 2.00 bits per heavy atom. The van der Waals surface area contributed by atoms with Crippen LogP contribution in [0.2, 0.25) is 0 Å². The Bertz CT molecular complexity index is 289. The van der Waals surface area contributed by atoms with Gasteiger partial charge < -0.3 is 10.2 Å². The number of nitrogens with zero attached hydrogens (tertiary/aromatic N) is 2. The molecular formula is C15H29N3O. The van der Waals surface area contributed by atoms with Crippen molar-refractivity contribution in [1.29, 1.82) is 0 Å². The van der Waals surface area contributed by atoms with Crippen LogP contribution >= 0.6 is 0 Å². The van der Waals surface area contributed by atoms with Crippen molar-refractivity contribution in [1.82, 2.24) is 15.1 Å². The number of rotatable bonds is 6. The Kier molecular flexibility index (Phi) is 5.64. The Morgan fingerprint density at radius 3 is 2.68 bits per heavy atom. The van der Waals surface area contributed by atoms with Crippen LogP contribution < -0.4 is 5.32 Å². The first kappa shape index (κ1) is 14.8. The second kappa shape index (κ2) is 7.25. The maximum absolute atomic E-state index is 12.1. The number of hydrogen-bond donors (Lipinski definition) is 1. The summed E-state index contributed by atoms with van der Waals surface area (Å²) in [4.78, 5) is 16.5. The predicted molar refractivity (Wildman–Crippen MR) is 78.2 cm³/mol. The van der Waals surface area contributed by atoms with Crippen molar-refractivity contribution in [2.75, 3.05) is 33.2 Å². The molecule has 110 valence electrons. The molecule has 0 aromatic rings. The first-order chi connectivity index (χ1) is 9.20. The third-order valence-corrected chi connectivity index (χ3v) is 4.71. The molecule has 2 rings (SSSR count). The Balaban J connectivity index is 1.69. The lowest BCUT2D eigenvalue weighted by Gasteiger charge is -2.28. The zero-order valence-corrected chi connectivity index (χ0v) is 12.5. The van der Waals surface area contributed by atoms with Crippen molar-refractivity contribution in [3.8, 4) is 0 Å². The number of hydrogen-bond acceptors (Lipinski definition) is 3. The summed E-state index contributed by atoms with van der Waals surface area (Å²) in [5.74, 6) is 0.245. The van der Waals surface area contributed by atoms with Gasteiger partial charge in [-0.15, -0.1) is 0 Å². The van der Waals surface area contributed by atoms with Crippen LogP contribution in [-0.4, -0.2) is 61.0 Å². The van der Waals surface area contributed by atoms with Crippen LogP contribution in [0.25, 0.3) is 0 Å². The quantitative estimate of drug-likeness (QED) is 0.791. The number of carbonyl (C=O) groups excluding carboxylic acids is 1. The van der Waals surface area contributed by atoms with Gasteiger partial charge in [-0.2, -0.15) is 0 Å². The van der Waals surface area contributed by atoms with E-state index in [-0.39, 0.29) is 5.91 Å². The molecule has 1 N–H and O–H groups in total. The van der Waals surface area contributed by atoms with Crippen LogP contribution in [-0.2, 0) is 4.79 Å². The fourth-order valence-corrected chi connectivity index (χ4v) is 3.43. The highest BCUT2D eigenvalue weighted by molar-refractivity contribution is 5.78. The summed E-state index contributed by atoms with van der Waals surface area (Å²) in [6.07, 6.45) is 7.62. The second-order valence-electron chi connectivity index (χ2n) is 6.06. The van der Waals surface area contributed by atoms with E-state index in [1.165, 1.54) is 45.1 Å². The lowest BCUT2D eigenvalue weighted by molar-refractivity contribution is -0.129. The van der Waals surface area contributed by atoms with Gasteiger partial charge in [-0.25, -0.2) is 0 Å². The first-order valence-electron chi connectivity index (χ1n) is 7.92. The molecule has 1 heterocycles. The van der Waals surface area contributed by atoms with E-state index in [1.807, 2.05) is 11.9 Å². The van der Waals surface area contributed by atoms with Crippen LogP contribution in [0.3, 0.4) is 0 Å². The Hall–Kier alpha value is -0.610. The molecule has 4 heteroatoms. The summed E-state index contributed by atoms with van der Waals surface area (Å²) in [5, 5.41) is 3.41. The standard InChI is InChI=1S/C15H29N3O/c1-3-18-10-6-9-14(18)12-17(2)15(19)11-16-13-7-4-5-8-13/h13-14,16H,3-12H2,1-2H3. The van der Waals surface area contributed by atoms with Gasteiger partial charge in [-0.1, -0.05) is 19.8 Å². The number of likely N-dealkylation sites (tertiary alicyclic amines) is 1. The van der Waals surface area contributed by atoms with E-state index < -0.39 is 0 Å². The van der Waals surface area contributed by atoms with E-state index in [0.717, 1.165) is 13.1 Å². The van der Waals surface area contributed by atoms with E-state index in [1.54, 1.807) is 0 Å². The smallest absolute Gasteiger partial charge is 0.236 e. The molecule has 2 aliphatic rings. The molecule has 19 heavy (non-hydrogen) atoms. The van der Waals surface area contributed by atoms with E-state index in [9.17, 15) is 4.79 Å². The molecule has 0 radical (unpaired) electrons. The van der Waals surface area contributed by atoms with Crippen molar-refractivity contribution in [2.24, 2.45) is 0 Å². The monoisotopic (exact) mass is 267 g/mol. The summed E-state index contributed by atoms with van der Waals surface area (Å²) in [6.45, 7) is 5.91. The lowest BCUT2D eigenvalue weighted by atomic mass is 10.2. The molecule has 4 nitrogen and oxygen atoms in total. The fraction of sp³-hybridized carbons (Fsp3) is 0.933. The zero-order chi connectivity index (χ0) is 13.7. The zero-order valence-electron chi connectivity index (χ0n) is 12.5. The molecule has 0 aromatic heterocycles. The molecule has 1 amide bonds. The van der Waals surface area contributed by atoms with E-state index in [4.69, 9.17) is 0 Å². The van der Waals surface area contributed by atoms with Crippen molar-refractivity contribution in [3.63, 3.8) is 0 Å². The average Bonchev–Trinajstić information content (AvgIpc) is 3.06. The van der Waals surface area contributed by atoms with E-state index in [0.29, 0.717) is 18.6 Å². The van der Waals surface area contributed by atoms with E-state index >= 15 is 0 Å². The van der Waals surface area contributed by atoms with Crippen LogP contribution in [0.15, 0.2) is 0 Å². The molecule has 1 saturated heterocycles. The minimum Gasteiger partial charge on any atom is -0.343 e. The topological polar surface area (TPSA) is 35.6 Å². The van der Waals surface area contributed by atoms with Gasteiger partial charge >= 0.3 is 0 Å². The Labute approximate surface area is 117 Å². The molecule has 1 atom stereocenters. The van der Waals surface area contributed by atoms with Crippen molar-refractivity contribution in [3.05, 3.63) is 0 Å². The van der Waals surface area contributed by atoms with Gasteiger partial charge in [0, 0.05) is 25.7 Å². The normalized spacial score (nSPS) is 25.1. The summed E-state index contributed by atoms with van der Waals surface area (Å²) < 4.78 is 0. The number of amides is 1. The number of carbonyl (C=O) groups is 1. The third kappa shape index (κ3) is 4.18. The average molecular weight is 267 g/mol. The van der Waals surface area contributed by atoms with Crippen LogP contribution in [0.4, 0.5) is 0 Å². The third-order valence-electron chi connectivity index (χ3n) is 4.71. The highest BCUT2D eigenvalue weighted by Crippen LogP contribution is 2.18. The number of nitrogens with one attached hydrogen (secondary N) is 1. The largest absolute Gasteiger partial charge is 0.343 e. The lowest BCUT2D eigenvalue weighted by Crippen LogP contribution is -2.45. The SMILES string of the molecule is CCN1CCCC1CN(C)C(=O)CNC1CCCC1. The van der Waals surface area contributed by atoms with Gasteiger partial charge in [0.1, 0.15) is 0 Å². The molecule has 2 fully saturated rings. The van der Waals surface area contributed by atoms with Gasteiger partial charge in [0.05, 0.1) is 6.54 Å². The fourth-order valence-electron chi connectivity index (χ4n) is 3.43. The maximum atomic E-state index is 12.1. The molecule has 0 spiro atoms. The van der Waals surface area contributed by atoms with Gasteiger partial charge in [-0.05, 0) is 38.8 Å². The molecule has 0 aromatic carbocycles. The molecule has 1 aliphatic heterocycles. The Morgan fingerprint density at radius 1 is 1.26 bits per heavy atom. The van der Waals surface area contributed by atoms with Crippen LogP contribution in [0.1, 0.15) is 45.4 Å². The molecule has 1 unspecified atom stereocenters. The molecule has 1 aliphatic carbocycles. The molecule has 1 saturated carbocycles.